The minimum atomic E-state index is -3.86. The Labute approximate surface area is 97.3 Å². The molecule has 0 atom stereocenters. The number of hydrogen-bond donors (Lipinski definition) is 0. The minimum Gasteiger partial charge on any atom is -0.454 e. The lowest BCUT2D eigenvalue weighted by Gasteiger charge is -2.06. The summed E-state index contributed by atoms with van der Waals surface area (Å²) in [6.45, 7) is 0.265. The highest BCUT2D eigenvalue weighted by molar-refractivity contribution is 8.13. The lowest BCUT2D eigenvalue weighted by molar-refractivity contribution is 0.171. The van der Waals surface area contributed by atoms with Crippen molar-refractivity contribution < 1.29 is 22.6 Å². The van der Waals surface area contributed by atoms with Gasteiger partial charge in [0.25, 0.3) is 9.05 Å². The highest BCUT2D eigenvalue weighted by Gasteiger charge is 2.26. The van der Waals surface area contributed by atoms with Gasteiger partial charge >= 0.3 is 0 Å². The third-order valence-corrected chi connectivity index (χ3v) is 3.40. The molecule has 0 radical (unpaired) electrons. The number of halogens is 1. The van der Waals surface area contributed by atoms with Crippen LogP contribution in [0.1, 0.15) is 5.56 Å². The van der Waals surface area contributed by atoms with Gasteiger partial charge in [-0.3, -0.25) is 0 Å². The van der Waals surface area contributed by atoms with Crippen LogP contribution in [0.3, 0.4) is 0 Å². The molecule has 2 rings (SSSR count). The van der Waals surface area contributed by atoms with Gasteiger partial charge in [0, 0.05) is 17.8 Å². The highest BCUT2D eigenvalue weighted by Crippen LogP contribution is 2.40. The summed E-state index contributed by atoms with van der Waals surface area (Å²) in [7, 11) is 2.97. The van der Waals surface area contributed by atoms with Crippen LogP contribution in [-0.4, -0.2) is 22.3 Å². The number of ether oxygens (including phenoxy) is 3. The Kier molecular flexibility index (Phi) is 2.96. The zero-order valence-corrected chi connectivity index (χ0v) is 9.97. The summed E-state index contributed by atoms with van der Waals surface area (Å²) in [6.07, 6.45) is 0. The maximum atomic E-state index is 11.3. The molecular formula is C9H9ClO5S. The summed E-state index contributed by atoms with van der Waals surface area (Å²) in [5.74, 6) is 0.531. The van der Waals surface area contributed by atoms with Gasteiger partial charge in [-0.15, -0.1) is 0 Å². The van der Waals surface area contributed by atoms with Crippen molar-refractivity contribution in [2.75, 3.05) is 13.9 Å². The zero-order chi connectivity index (χ0) is 11.8. The first-order chi connectivity index (χ1) is 7.52. The molecule has 5 nitrogen and oxygen atoms in total. The molecule has 0 saturated carbocycles. The van der Waals surface area contributed by atoms with Gasteiger partial charge in [-0.2, -0.15) is 0 Å². The second-order valence-corrected chi connectivity index (χ2v) is 5.73. The maximum absolute atomic E-state index is 11.3. The molecule has 1 heterocycles. The average Bonchev–Trinajstić information content (AvgIpc) is 2.63. The summed E-state index contributed by atoms with van der Waals surface area (Å²) in [5, 5.41) is 0. The Morgan fingerprint density at radius 2 is 2.19 bits per heavy atom. The van der Waals surface area contributed by atoms with E-state index in [9.17, 15) is 8.42 Å². The molecule has 0 aliphatic carbocycles. The van der Waals surface area contributed by atoms with Crippen molar-refractivity contribution in [3.63, 3.8) is 0 Å². The number of rotatable bonds is 3. The number of hydrogen-bond acceptors (Lipinski definition) is 5. The monoisotopic (exact) mass is 264 g/mol. The fourth-order valence-electron chi connectivity index (χ4n) is 1.46. The highest BCUT2D eigenvalue weighted by atomic mass is 35.7. The molecular weight excluding hydrogens is 256 g/mol. The zero-order valence-electron chi connectivity index (χ0n) is 8.40. The van der Waals surface area contributed by atoms with Crippen LogP contribution in [0.25, 0.3) is 0 Å². The van der Waals surface area contributed by atoms with E-state index in [-0.39, 0.29) is 24.0 Å². The van der Waals surface area contributed by atoms with E-state index in [4.69, 9.17) is 24.9 Å². The van der Waals surface area contributed by atoms with E-state index >= 15 is 0 Å². The molecule has 0 aromatic heterocycles. The number of methoxy groups -OCH3 is 1. The van der Waals surface area contributed by atoms with E-state index in [2.05, 4.69) is 0 Å². The number of fused-ring (bicyclic) bond motifs is 1. The Balaban J connectivity index is 2.58. The Morgan fingerprint density at radius 1 is 1.44 bits per heavy atom. The lowest BCUT2D eigenvalue weighted by Crippen LogP contribution is -1.97. The van der Waals surface area contributed by atoms with Crippen LogP contribution in [0, 0.1) is 0 Å². The Bertz CT molecular complexity index is 511. The molecule has 1 aliphatic rings. The minimum absolute atomic E-state index is 0.00875. The van der Waals surface area contributed by atoms with E-state index < -0.39 is 9.05 Å². The van der Waals surface area contributed by atoms with Crippen molar-refractivity contribution >= 4 is 19.7 Å². The van der Waals surface area contributed by atoms with Crippen molar-refractivity contribution in [3.05, 3.63) is 17.7 Å². The Morgan fingerprint density at radius 3 is 2.81 bits per heavy atom. The molecule has 0 saturated heterocycles. The van der Waals surface area contributed by atoms with Crippen LogP contribution in [0.2, 0.25) is 0 Å². The van der Waals surface area contributed by atoms with E-state index in [0.29, 0.717) is 11.3 Å². The molecule has 1 aromatic carbocycles. The molecule has 1 aliphatic heterocycles. The molecule has 16 heavy (non-hydrogen) atoms. The molecule has 0 bridgehead atoms. The molecule has 0 fully saturated rings. The second-order valence-electron chi connectivity index (χ2n) is 3.20. The third-order valence-electron chi connectivity index (χ3n) is 2.07. The predicted molar refractivity (Wildman–Crippen MR) is 56.3 cm³/mol. The fraction of sp³-hybridized carbons (Fsp3) is 0.333. The first kappa shape index (κ1) is 11.5. The van der Waals surface area contributed by atoms with E-state index in [0.717, 1.165) is 0 Å². The molecule has 88 valence electrons. The SMILES string of the molecule is COCc1cc2c(c(S(=O)(=O)Cl)c1)OCO2. The van der Waals surface area contributed by atoms with Gasteiger partial charge in [-0.05, 0) is 17.7 Å². The van der Waals surface area contributed by atoms with Gasteiger partial charge in [0.2, 0.25) is 6.79 Å². The average molecular weight is 265 g/mol. The third kappa shape index (κ3) is 2.09. The summed E-state index contributed by atoms with van der Waals surface area (Å²) in [5.41, 5.74) is 0.658. The van der Waals surface area contributed by atoms with Gasteiger partial charge in [-0.25, -0.2) is 8.42 Å². The summed E-state index contributed by atoms with van der Waals surface area (Å²) >= 11 is 0. The summed E-state index contributed by atoms with van der Waals surface area (Å²) in [4.78, 5) is -0.0868. The van der Waals surface area contributed by atoms with Crippen molar-refractivity contribution in [1.29, 1.82) is 0 Å². The van der Waals surface area contributed by atoms with Crippen LogP contribution >= 0.6 is 10.7 Å². The molecule has 0 amide bonds. The molecule has 0 N–H and O–H groups in total. The molecule has 0 unspecified atom stereocenters. The van der Waals surface area contributed by atoms with Gasteiger partial charge in [0.05, 0.1) is 6.61 Å². The number of benzene rings is 1. The molecule has 7 heteroatoms. The van der Waals surface area contributed by atoms with E-state index in [1.807, 2.05) is 0 Å². The van der Waals surface area contributed by atoms with Crippen molar-refractivity contribution in [1.82, 2.24) is 0 Å². The van der Waals surface area contributed by atoms with Crippen molar-refractivity contribution in [2.45, 2.75) is 11.5 Å². The Hall–Kier alpha value is -0.980. The van der Waals surface area contributed by atoms with Gasteiger partial charge < -0.3 is 14.2 Å². The molecule has 1 aromatic rings. The maximum Gasteiger partial charge on any atom is 0.265 e. The first-order valence-electron chi connectivity index (χ1n) is 4.38. The second kappa shape index (κ2) is 4.12. The van der Waals surface area contributed by atoms with Crippen LogP contribution in [0.15, 0.2) is 17.0 Å². The van der Waals surface area contributed by atoms with Crippen LogP contribution in [0.4, 0.5) is 0 Å². The van der Waals surface area contributed by atoms with E-state index in [1.165, 1.54) is 13.2 Å². The quantitative estimate of drug-likeness (QED) is 0.774. The van der Waals surface area contributed by atoms with E-state index in [1.54, 1.807) is 6.07 Å². The van der Waals surface area contributed by atoms with Crippen LogP contribution in [-0.2, 0) is 20.4 Å². The first-order valence-corrected chi connectivity index (χ1v) is 6.69. The lowest BCUT2D eigenvalue weighted by atomic mass is 10.2. The fourth-order valence-corrected chi connectivity index (χ4v) is 2.48. The van der Waals surface area contributed by atoms with Crippen LogP contribution < -0.4 is 9.47 Å². The van der Waals surface area contributed by atoms with Gasteiger partial charge in [-0.1, -0.05) is 0 Å². The predicted octanol–water partition coefficient (Wildman–Crippen LogP) is 1.49. The topological polar surface area (TPSA) is 61.8 Å². The summed E-state index contributed by atoms with van der Waals surface area (Å²) < 4.78 is 37.8. The summed E-state index contributed by atoms with van der Waals surface area (Å²) in [6, 6.07) is 3.08. The van der Waals surface area contributed by atoms with Gasteiger partial charge in [0.1, 0.15) is 4.90 Å². The van der Waals surface area contributed by atoms with Crippen molar-refractivity contribution in [2.24, 2.45) is 0 Å². The largest absolute Gasteiger partial charge is 0.454 e. The smallest absolute Gasteiger partial charge is 0.265 e. The van der Waals surface area contributed by atoms with Crippen LogP contribution in [0.5, 0.6) is 11.5 Å². The van der Waals surface area contributed by atoms with Gasteiger partial charge in [0.15, 0.2) is 11.5 Å². The normalized spacial score (nSPS) is 14.1. The standard InChI is InChI=1S/C9H9ClO5S/c1-13-4-6-2-7-9(15-5-14-7)8(3-6)16(10,11)12/h2-3H,4-5H2,1H3. The van der Waals surface area contributed by atoms with Crippen molar-refractivity contribution in [3.8, 4) is 11.5 Å². The molecule has 0 spiro atoms.